The van der Waals surface area contributed by atoms with Gasteiger partial charge in [0.05, 0.1) is 0 Å². The molecular formula is C5H8ClRu. The Bertz CT molecular complexity index is 68.5. The summed E-state index contributed by atoms with van der Waals surface area (Å²) in [6.45, 7) is 3.58. The molecule has 0 rings (SSSR count). The third-order valence-electron chi connectivity index (χ3n) is 0.527. The fraction of sp³-hybridized carbons (Fsp3) is 0.400. The number of hydrogen-bond donors (Lipinski definition) is 0. The molecule has 0 aliphatic carbocycles. The van der Waals surface area contributed by atoms with E-state index in [1.165, 1.54) is 0 Å². The second kappa shape index (κ2) is 6.52. The van der Waals surface area contributed by atoms with E-state index in [1.807, 2.05) is 6.08 Å². The van der Waals surface area contributed by atoms with Crippen molar-refractivity contribution in [2.45, 2.75) is 12.8 Å². The molecule has 0 nitrogen and oxygen atoms in total. The van der Waals surface area contributed by atoms with E-state index in [0.29, 0.717) is 0 Å². The Morgan fingerprint density at radius 2 is 2.29 bits per heavy atom. The summed E-state index contributed by atoms with van der Waals surface area (Å²) < 4.78 is 2.12. The molecular weight excluding hydrogens is 197 g/mol. The van der Waals surface area contributed by atoms with Crippen molar-refractivity contribution < 1.29 is 15.7 Å². The molecule has 0 aromatic rings. The molecule has 0 aliphatic heterocycles. The first kappa shape index (κ1) is 7.52. The van der Waals surface area contributed by atoms with Gasteiger partial charge in [0.25, 0.3) is 0 Å². The third-order valence-corrected chi connectivity index (χ3v) is 1.94. The SMILES string of the molecule is C=CCC[CH]=[Ru][Cl]. The van der Waals surface area contributed by atoms with Crippen LogP contribution in [0, 0.1) is 0 Å². The van der Waals surface area contributed by atoms with Crippen LogP contribution in [0.15, 0.2) is 12.7 Å². The standard InChI is InChI=1S/C5H8.ClH.Ru/c1-3-5-4-2;;/h1,4H,2-3,5H2;1H;/q;;+1/p-1. The van der Waals surface area contributed by atoms with E-state index in [0.717, 1.165) is 12.8 Å². The van der Waals surface area contributed by atoms with E-state index >= 15 is 0 Å². The first-order chi connectivity index (χ1) is 3.41. The van der Waals surface area contributed by atoms with E-state index in [4.69, 9.17) is 9.69 Å². The Morgan fingerprint density at radius 3 is 2.71 bits per heavy atom. The molecule has 0 bridgehead atoms. The quantitative estimate of drug-likeness (QED) is 0.375. The second-order valence-electron chi connectivity index (χ2n) is 1.09. The normalized spacial score (nSPS) is 11.0. The van der Waals surface area contributed by atoms with Gasteiger partial charge in [-0.1, -0.05) is 0 Å². The van der Waals surface area contributed by atoms with Crippen LogP contribution in [0.1, 0.15) is 12.8 Å². The van der Waals surface area contributed by atoms with Gasteiger partial charge in [-0.25, -0.2) is 0 Å². The van der Waals surface area contributed by atoms with Gasteiger partial charge in [0, 0.05) is 0 Å². The van der Waals surface area contributed by atoms with E-state index in [2.05, 4.69) is 11.2 Å². The van der Waals surface area contributed by atoms with Crippen molar-refractivity contribution >= 4 is 14.3 Å². The van der Waals surface area contributed by atoms with Gasteiger partial charge in [0.2, 0.25) is 0 Å². The molecule has 7 heavy (non-hydrogen) atoms. The summed E-state index contributed by atoms with van der Waals surface area (Å²) in [4.78, 5) is 0. The van der Waals surface area contributed by atoms with Crippen LogP contribution in [0.4, 0.5) is 0 Å². The van der Waals surface area contributed by atoms with Crippen molar-refractivity contribution in [2.24, 2.45) is 0 Å². The van der Waals surface area contributed by atoms with E-state index in [1.54, 1.807) is 0 Å². The zero-order valence-corrected chi connectivity index (χ0v) is 6.50. The van der Waals surface area contributed by atoms with E-state index in [9.17, 15) is 0 Å². The second-order valence-corrected chi connectivity index (χ2v) is 3.09. The van der Waals surface area contributed by atoms with Crippen molar-refractivity contribution in [3.05, 3.63) is 12.7 Å². The number of allylic oxidation sites excluding steroid dienone is 1. The number of unbranched alkanes of at least 4 members (excludes halogenated alkanes) is 1. The topological polar surface area (TPSA) is 0 Å². The Hall–Kier alpha value is 0.523. The predicted molar refractivity (Wildman–Crippen MR) is 31.3 cm³/mol. The van der Waals surface area contributed by atoms with E-state index < -0.39 is 0 Å². The van der Waals surface area contributed by atoms with Gasteiger partial charge in [-0.05, 0) is 0 Å². The molecule has 0 aromatic carbocycles. The number of rotatable bonds is 3. The average molecular weight is 205 g/mol. The van der Waals surface area contributed by atoms with Gasteiger partial charge >= 0.3 is 55.5 Å². The van der Waals surface area contributed by atoms with Crippen LogP contribution < -0.4 is 0 Å². The van der Waals surface area contributed by atoms with Gasteiger partial charge in [-0.3, -0.25) is 0 Å². The Kier molecular flexibility index (Phi) is 7.01. The summed E-state index contributed by atoms with van der Waals surface area (Å²) in [6.07, 6.45) is 4.08. The maximum absolute atomic E-state index is 5.44. The fourth-order valence-corrected chi connectivity index (χ4v) is 1.15. The van der Waals surface area contributed by atoms with Crippen LogP contribution in [0.2, 0.25) is 0 Å². The molecule has 0 spiro atoms. The molecule has 0 amide bonds. The minimum atomic E-state index is 0.0337. The Morgan fingerprint density at radius 1 is 1.57 bits per heavy atom. The predicted octanol–water partition coefficient (Wildman–Crippen LogP) is 1.99. The van der Waals surface area contributed by atoms with Gasteiger partial charge in [-0.15, -0.1) is 0 Å². The maximum atomic E-state index is 5.44. The summed E-state index contributed by atoms with van der Waals surface area (Å²) in [7, 11) is 5.44. The summed E-state index contributed by atoms with van der Waals surface area (Å²) in [5, 5.41) is 0. The van der Waals surface area contributed by atoms with Crippen molar-refractivity contribution in [1.29, 1.82) is 0 Å². The van der Waals surface area contributed by atoms with Gasteiger partial charge < -0.3 is 0 Å². The molecule has 0 radical (unpaired) electrons. The van der Waals surface area contributed by atoms with Crippen LogP contribution in [0.5, 0.6) is 0 Å². The zero-order chi connectivity index (χ0) is 5.54. The Balaban J connectivity index is 2.82. The molecule has 43 valence electrons. The van der Waals surface area contributed by atoms with E-state index in [-0.39, 0.29) is 15.7 Å². The van der Waals surface area contributed by atoms with Crippen molar-refractivity contribution in [1.82, 2.24) is 0 Å². The van der Waals surface area contributed by atoms with Crippen molar-refractivity contribution in [3.8, 4) is 0 Å². The zero-order valence-electron chi connectivity index (χ0n) is 4.01. The van der Waals surface area contributed by atoms with Crippen LogP contribution in [0.25, 0.3) is 0 Å². The molecule has 0 atom stereocenters. The molecule has 0 saturated carbocycles. The molecule has 0 aromatic heterocycles. The fourth-order valence-electron chi connectivity index (χ4n) is 0.215. The molecule has 2 heteroatoms. The summed E-state index contributed by atoms with van der Waals surface area (Å²) in [5.41, 5.74) is 0. The van der Waals surface area contributed by atoms with Crippen LogP contribution in [0.3, 0.4) is 0 Å². The number of hydrogen-bond acceptors (Lipinski definition) is 0. The summed E-state index contributed by atoms with van der Waals surface area (Å²) >= 11 is 0.0337. The first-order valence-corrected chi connectivity index (χ1v) is 5.30. The molecule has 0 saturated heterocycles. The average Bonchev–Trinajstić information content (AvgIpc) is 1.69. The third kappa shape index (κ3) is 6.52. The van der Waals surface area contributed by atoms with Crippen LogP contribution >= 0.6 is 9.69 Å². The minimum absolute atomic E-state index is 0.0337. The summed E-state index contributed by atoms with van der Waals surface area (Å²) in [5.74, 6) is 0. The van der Waals surface area contributed by atoms with Gasteiger partial charge in [0.1, 0.15) is 0 Å². The monoisotopic (exact) mass is 205 g/mol. The molecule has 0 aliphatic rings. The number of halogens is 1. The molecule has 0 fully saturated rings. The van der Waals surface area contributed by atoms with Crippen LogP contribution in [-0.2, 0) is 15.7 Å². The molecule has 0 N–H and O–H groups in total. The van der Waals surface area contributed by atoms with Crippen molar-refractivity contribution in [2.75, 3.05) is 0 Å². The molecule has 0 heterocycles. The molecule has 0 unspecified atom stereocenters. The van der Waals surface area contributed by atoms with Crippen molar-refractivity contribution in [3.63, 3.8) is 0 Å². The Labute approximate surface area is 55.7 Å². The summed E-state index contributed by atoms with van der Waals surface area (Å²) in [6, 6.07) is 0. The van der Waals surface area contributed by atoms with Crippen LogP contribution in [-0.4, -0.2) is 4.61 Å². The van der Waals surface area contributed by atoms with Gasteiger partial charge in [-0.2, -0.15) is 0 Å². The first-order valence-electron chi connectivity index (χ1n) is 2.06. The van der Waals surface area contributed by atoms with Gasteiger partial charge in [0.15, 0.2) is 0 Å².